The van der Waals surface area contributed by atoms with Crippen LogP contribution in [0.5, 0.6) is 0 Å². The Morgan fingerprint density at radius 1 is 1.18 bits per heavy atom. The molecule has 2 aliphatic rings. The molecule has 5 heteroatoms. The lowest BCUT2D eigenvalue weighted by atomic mass is 9.85. The van der Waals surface area contributed by atoms with Gasteiger partial charge in [-0.05, 0) is 31.6 Å². The van der Waals surface area contributed by atoms with Gasteiger partial charge in [-0.15, -0.1) is 0 Å². The second-order valence-corrected chi connectivity index (χ2v) is 6.70. The Kier molecular flexibility index (Phi) is 4.90. The zero-order chi connectivity index (χ0) is 15.4. The minimum atomic E-state index is 0.155. The Balaban J connectivity index is 1.49. The minimum absolute atomic E-state index is 0.155. The van der Waals surface area contributed by atoms with Gasteiger partial charge in [-0.25, -0.2) is 4.98 Å². The third kappa shape index (κ3) is 3.57. The monoisotopic (exact) mass is 302 g/mol. The van der Waals surface area contributed by atoms with Crippen LogP contribution >= 0.6 is 0 Å². The van der Waals surface area contributed by atoms with E-state index in [0.717, 1.165) is 38.2 Å². The number of hydrogen-bond acceptors (Lipinski definition) is 4. The smallest absolute Gasteiger partial charge is 0.223 e. The molecule has 3 rings (SSSR count). The Morgan fingerprint density at radius 3 is 2.64 bits per heavy atom. The van der Waals surface area contributed by atoms with Crippen LogP contribution in [0.2, 0.25) is 0 Å². The predicted molar refractivity (Wildman–Crippen MR) is 86.5 cm³/mol. The lowest BCUT2D eigenvalue weighted by molar-refractivity contribution is -0.126. The van der Waals surface area contributed by atoms with Crippen molar-refractivity contribution >= 4 is 11.7 Å². The van der Waals surface area contributed by atoms with Crippen molar-refractivity contribution in [3.8, 4) is 0 Å². The lowest BCUT2D eigenvalue weighted by Crippen LogP contribution is -2.46. The Hall–Kier alpha value is -1.65. The Morgan fingerprint density at radius 2 is 1.95 bits per heavy atom. The van der Waals surface area contributed by atoms with Crippen LogP contribution in [0, 0.1) is 11.8 Å². The first-order valence-electron chi connectivity index (χ1n) is 8.55. The number of rotatable bonds is 3. The van der Waals surface area contributed by atoms with Gasteiger partial charge in [-0.3, -0.25) is 9.78 Å². The van der Waals surface area contributed by atoms with E-state index in [1.54, 1.807) is 18.6 Å². The van der Waals surface area contributed by atoms with Crippen molar-refractivity contribution in [1.29, 1.82) is 0 Å². The number of aromatic nitrogens is 2. The summed E-state index contributed by atoms with van der Waals surface area (Å²) in [5.41, 5.74) is 0. The van der Waals surface area contributed by atoms with Crippen molar-refractivity contribution in [2.75, 3.05) is 18.0 Å². The van der Waals surface area contributed by atoms with Gasteiger partial charge < -0.3 is 10.2 Å². The van der Waals surface area contributed by atoms with Gasteiger partial charge in [0.1, 0.15) is 5.82 Å². The average molecular weight is 302 g/mol. The predicted octanol–water partition coefficient (Wildman–Crippen LogP) is 2.39. The summed E-state index contributed by atoms with van der Waals surface area (Å²) in [4.78, 5) is 23.2. The maximum atomic E-state index is 12.5. The molecule has 1 aromatic heterocycles. The fraction of sp³-hybridized carbons (Fsp3) is 0.706. The Labute approximate surface area is 132 Å². The van der Waals surface area contributed by atoms with E-state index in [1.807, 2.05) is 0 Å². The number of carbonyl (C=O) groups excluding carboxylic acids is 1. The maximum absolute atomic E-state index is 12.5. The fourth-order valence-corrected chi connectivity index (χ4v) is 3.66. The van der Waals surface area contributed by atoms with Crippen molar-refractivity contribution in [3.05, 3.63) is 18.6 Å². The molecule has 1 aliphatic heterocycles. The number of amides is 1. The highest BCUT2D eigenvalue weighted by atomic mass is 16.1. The highest BCUT2D eigenvalue weighted by molar-refractivity contribution is 5.79. The number of hydrogen-bond donors (Lipinski definition) is 1. The number of nitrogens with zero attached hydrogens (tertiary/aromatic N) is 3. The van der Waals surface area contributed by atoms with E-state index in [0.29, 0.717) is 12.0 Å². The van der Waals surface area contributed by atoms with Crippen LogP contribution in [0.4, 0.5) is 5.82 Å². The molecule has 2 atom stereocenters. The van der Waals surface area contributed by atoms with Crippen LogP contribution < -0.4 is 10.2 Å². The first kappa shape index (κ1) is 15.3. The van der Waals surface area contributed by atoms with Gasteiger partial charge in [0.05, 0.1) is 6.20 Å². The molecule has 0 aromatic carbocycles. The van der Waals surface area contributed by atoms with Gasteiger partial charge in [0.25, 0.3) is 0 Å². The summed E-state index contributed by atoms with van der Waals surface area (Å²) in [6.07, 6.45) is 12.0. The van der Waals surface area contributed by atoms with Crippen molar-refractivity contribution in [2.24, 2.45) is 11.8 Å². The van der Waals surface area contributed by atoms with E-state index in [-0.39, 0.29) is 11.8 Å². The summed E-state index contributed by atoms with van der Waals surface area (Å²) in [6.45, 7) is 4.04. The van der Waals surface area contributed by atoms with Crippen LogP contribution in [0.3, 0.4) is 0 Å². The third-order valence-corrected chi connectivity index (χ3v) is 5.18. The summed E-state index contributed by atoms with van der Waals surface area (Å²) >= 11 is 0. The van der Waals surface area contributed by atoms with Crippen molar-refractivity contribution in [1.82, 2.24) is 15.3 Å². The highest BCUT2D eigenvalue weighted by Crippen LogP contribution is 2.26. The van der Waals surface area contributed by atoms with Crippen molar-refractivity contribution < 1.29 is 4.79 Å². The molecule has 1 N–H and O–H groups in total. The molecule has 1 saturated carbocycles. The SMILES string of the molecule is CC1CCCCC1NC(=O)C1CCN(c2cnccn2)CC1. The van der Waals surface area contributed by atoms with Gasteiger partial charge in [0, 0.05) is 37.4 Å². The molecule has 1 saturated heterocycles. The summed E-state index contributed by atoms with van der Waals surface area (Å²) in [5.74, 6) is 1.96. The quantitative estimate of drug-likeness (QED) is 0.931. The van der Waals surface area contributed by atoms with Gasteiger partial charge >= 0.3 is 0 Å². The summed E-state index contributed by atoms with van der Waals surface area (Å²) < 4.78 is 0. The van der Waals surface area contributed by atoms with E-state index in [1.165, 1.54) is 19.3 Å². The van der Waals surface area contributed by atoms with E-state index < -0.39 is 0 Å². The molecular weight excluding hydrogens is 276 g/mol. The fourth-order valence-electron chi connectivity index (χ4n) is 3.66. The second kappa shape index (κ2) is 7.07. The molecule has 0 spiro atoms. The summed E-state index contributed by atoms with van der Waals surface area (Å²) in [6, 6.07) is 0.388. The van der Waals surface area contributed by atoms with Gasteiger partial charge in [0.15, 0.2) is 0 Å². The number of piperidine rings is 1. The molecule has 0 bridgehead atoms. The molecule has 22 heavy (non-hydrogen) atoms. The average Bonchev–Trinajstić information content (AvgIpc) is 2.58. The molecule has 2 heterocycles. The van der Waals surface area contributed by atoms with Gasteiger partial charge in [-0.2, -0.15) is 0 Å². The van der Waals surface area contributed by atoms with Gasteiger partial charge in [0.2, 0.25) is 5.91 Å². The van der Waals surface area contributed by atoms with Gasteiger partial charge in [-0.1, -0.05) is 19.8 Å². The zero-order valence-electron chi connectivity index (χ0n) is 13.4. The lowest BCUT2D eigenvalue weighted by Gasteiger charge is -2.34. The largest absolute Gasteiger partial charge is 0.355 e. The molecular formula is C17H26N4O. The molecule has 1 aromatic rings. The summed E-state index contributed by atoms with van der Waals surface area (Å²) in [5, 5.41) is 3.31. The molecule has 2 fully saturated rings. The van der Waals surface area contributed by atoms with Crippen LogP contribution in [-0.2, 0) is 4.79 Å². The van der Waals surface area contributed by atoms with Crippen LogP contribution in [0.25, 0.3) is 0 Å². The van der Waals surface area contributed by atoms with E-state index in [2.05, 4.69) is 27.1 Å². The molecule has 1 aliphatic carbocycles. The van der Waals surface area contributed by atoms with Crippen LogP contribution in [-0.4, -0.2) is 35.0 Å². The summed E-state index contributed by atoms with van der Waals surface area (Å²) in [7, 11) is 0. The molecule has 2 unspecified atom stereocenters. The normalized spacial score (nSPS) is 26.7. The second-order valence-electron chi connectivity index (χ2n) is 6.70. The molecule has 0 radical (unpaired) electrons. The first-order chi connectivity index (χ1) is 10.7. The standard InChI is InChI=1S/C17H26N4O/c1-13-4-2-3-5-15(13)20-17(22)14-6-10-21(11-7-14)16-12-18-8-9-19-16/h8-9,12-15H,2-7,10-11H2,1H3,(H,20,22). The first-order valence-corrected chi connectivity index (χ1v) is 8.55. The molecule has 120 valence electrons. The third-order valence-electron chi connectivity index (χ3n) is 5.18. The molecule has 1 amide bonds. The van der Waals surface area contributed by atoms with E-state index in [4.69, 9.17) is 0 Å². The minimum Gasteiger partial charge on any atom is -0.355 e. The van der Waals surface area contributed by atoms with Crippen LogP contribution in [0.1, 0.15) is 45.4 Å². The Bertz CT molecular complexity index is 485. The van der Waals surface area contributed by atoms with Crippen molar-refractivity contribution in [3.63, 3.8) is 0 Å². The molecule has 5 nitrogen and oxygen atoms in total. The van der Waals surface area contributed by atoms with Crippen LogP contribution in [0.15, 0.2) is 18.6 Å². The number of carbonyl (C=O) groups is 1. The topological polar surface area (TPSA) is 58.1 Å². The van der Waals surface area contributed by atoms with Crippen molar-refractivity contribution in [2.45, 2.75) is 51.5 Å². The highest BCUT2D eigenvalue weighted by Gasteiger charge is 2.29. The van der Waals surface area contributed by atoms with E-state index in [9.17, 15) is 4.79 Å². The number of nitrogens with one attached hydrogen (secondary N) is 1. The number of anilines is 1. The maximum Gasteiger partial charge on any atom is 0.223 e. The van der Waals surface area contributed by atoms with E-state index >= 15 is 0 Å². The zero-order valence-corrected chi connectivity index (χ0v) is 13.4.